The fraction of sp³-hybridized carbons (Fsp3) is 0.214. The van der Waals surface area contributed by atoms with Crippen LogP contribution in [0.25, 0.3) is 11.3 Å². The molecular weight excluding hydrogens is 272 g/mol. The molecule has 2 aromatic rings. The van der Waals surface area contributed by atoms with Gasteiger partial charge < -0.3 is 5.32 Å². The minimum absolute atomic E-state index is 0.140. The molecule has 1 heterocycles. The van der Waals surface area contributed by atoms with Crippen LogP contribution in [0, 0.1) is 5.82 Å². The number of anilines is 1. The molecule has 0 saturated heterocycles. The van der Waals surface area contributed by atoms with E-state index in [9.17, 15) is 17.6 Å². The molecule has 0 saturated carbocycles. The van der Waals surface area contributed by atoms with Crippen LogP contribution in [-0.4, -0.2) is 11.5 Å². The van der Waals surface area contributed by atoms with Crippen molar-refractivity contribution in [2.45, 2.75) is 13.1 Å². The lowest BCUT2D eigenvalue weighted by molar-refractivity contribution is -0.137. The number of hydrogen-bond donors (Lipinski definition) is 1. The van der Waals surface area contributed by atoms with Gasteiger partial charge in [0.05, 0.1) is 11.3 Å². The summed E-state index contributed by atoms with van der Waals surface area (Å²) in [5.41, 5.74) is -0.213. The molecule has 0 aliphatic carbocycles. The predicted octanol–water partition coefficient (Wildman–Crippen LogP) is 4.34. The van der Waals surface area contributed by atoms with Crippen molar-refractivity contribution in [2.75, 3.05) is 11.9 Å². The number of aromatic nitrogens is 1. The van der Waals surface area contributed by atoms with Crippen LogP contribution in [0.2, 0.25) is 0 Å². The molecule has 106 valence electrons. The van der Waals surface area contributed by atoms with Gasteiger partial charge in [-0.1, -0.05) is 0 Å². The average molecular weight is 284 g/mol. The van der Waals surface area contributed by atoms with Crippen molar-refractivity contribution >= 4 is 5.82 Å². The van der Waals surface area contributed by atoms with E-state index in [-0.39, 0.29) is 11.5 Å². The molecule has 2 nitrogen and oxygen atoms in total. The van der Waals surface area contributed by atoms with Gasteiger partial charge >= 0.3 is 6.18 Å². The molecule has 0 atom stereocenters. The number of halogens is 4. The molecule has 0 unspecified atom stereocenters. The van der Waals surface area contributed by atoms with Gasteiger partial charge in [-0.3, -0.25) is 0 Å². The molecule has 0 aliphatic heterocycles. The summed E-state index contributed by atoms with van der Waals surface area (Å²) < 4.78 is 51.4. The summed E-state index contributed by atoms with van der Waals surface area (Å²) in [6.45, 7) is 2.22. The molecular formula is C14H12F4N2. The number of nitrogens with zero attached hydrogens (tertiary/aromatic N) is 1. The first-order chi connectivity index (χ1) is 9.40. The van der Waals surface area contributed by atoms with Crippen LogP contribution < -0.4 is 5.32 Å². The van der Waals surface area contributed by atoms with Gasteiger partial charge in [-0.2, -0.15) is 13.2 Å². The Balaban J connectivity index is 2.51. The third-order valence-electron chi connectivity index (χ3n) is 2.65. The maximum Gasteiger partial charge on any atom is 0.416 e. The smallest absolute Gasteiger partial charge is 0.370 e. The summed E-state index contributed by atoms with van der Waals surface area (Å²) in [6, 6.07) is 7.07. The zero-order valence-electron chi connectivity index (χ0n) is 10.6. The Labute approximate surface area is 113 Å². The highest BCUT2D eigenvalue weighted by atomic mass is 19.4. The Hall–Kier alpha value is -2.11. The molecule has 1 aromatic carbocycles. The number of hydrogen-bond acceptors (Lipinski definition) is 2. The Morgan fingerprint density at radius 3 is 2.30 bits per heavy atom. The number of benzene rings is 1. The number of rotatable bonds is 3. The average Bonchev–Trinajstić information content (AvgIpc) is 2.38. The Bertz CT molecular complexity index is 591. The molecule has 1 N–H and O–H groups in total. The van der Waals surface area contributed by atoms with E-state index in [1.54, 1.807) is 6.92 Å². The van der Waals surface area contributed by atoms with Crippen molar-refractivity contribution in [1.29, 1.82) is 0 Å². The van der Waals surface area contributed by atoms with E-state index in [1.165, 1.54) is 24.3 Å². The molecule has 0 bridgehead atoms. The van der Waals surface area contributed by atoms with Crippen LogP contribution >= 0.6 is 0 Å². The monoisotopic (exact) mass is 284 g/mol. The predicted molar refractivity (Wildman–Crippen MR) is 68.8 cm³/mol. The van der Waals surface area contributed by atoms with Crippen LogP contribution in [0.5, 0.6) is 0 Å². The molecule has 20 heavy (non-hydrogen) atoms. The summed E-state index contributed by atoms with van der Waals surface area (Å²) >= 11 is 0. The van der Waals surface area contributed by atoms with E-state index in [0.717, 1.165) is 12.1 Å². The fourth-order valence-electron chi connectivity index (χ4n) is 1.73. The zero-order chi connectivity index (χ0) is 14.8. The lowest BCUT2D eigenvalue weighted by Crippen LogP contribution is -2.08. The van der Waals surface area contributed by atoms with Crippen molar-refractivity contribution in [3.63, 3.8) is 0 Å². The van der Waals surface area contributed by atoms with Gasteiger partial charge in [0.15, 0.2) is 0 Å². The lowest BCUT2D eigenvalue weighted by atomic mass is 10.1. The third-order valence-corrected chi connectivity index (χ3v) is 2.65. The summed E-state index contributed by atoms with van der Waals surface area (Å²) in [4.78, 5) is 4.10. The SMILES string of the molecule is CCNc1cc(C(F)(F)F)cc(-c2ccc(F)cc2)n1. The summed E-state index contributed by atoms with van der Waals surface area (Å²) in [5, 5.41) is 2.76. The quantitative estimate of drug-likeness (QED) is 0.848. The van der Waals surface area contributed by atoms with Crippen LogP contribution in [0.4, 0.5) is 23.4 Å². The van der Waals surface area contributed by atoms with Gasteiger partial charge in [0.2, 0.25) is 0 Å². The first-order valence-electron chi connectivity index (χ1n) is 5.99. The van der Waals surface area contributed by atoms with Gasteiger partial charge in [0.1, 0.15) is 11.6 Å². The zero-order valence-corrected chi connectivity index (χ0v) is 10.6. The molecule has 0 spiro atoms. The molecule has 1 aromatic heterocycles. The topological polar surface area (TPSA) is 24.9 Å². The van der Waals surface area contributed by atoms with Crippen LogP contribution in [0.15, 0.2) is 36.4 Å². The van der Waals surface area contributed by atoms with Crippen LogP contribution in [0.3, 0.4) is 0 Å². The van der Waals surface area contributed by atoms with Crippen LogP contribution in [-0.2, 0) is 6.18 Å². The van der Waals surface area contributed by atoms with Gasteiger partial charge in [0.25, 0.3) is 0 Å². The Morgan fingerprint density at radius 2 is 1.75 bits per heavy atom. The normalized spacial score (nSPS) is 11.4. The van der Waals surface area contributed by atoms with E-state index in [2.05, 4.69) is 10.3 Å². The largest absolute Gasteiger partial charge is 0.416 e. The molecule has 2 rings (SSSR count). The maximum atomic E-state index is 12.9. The van der Waals surface area contributed by atoms with E-state index in [0.29, 0.717) is 12.1 Å². The Morgan fingerprint density at radius 1 is 1.10 bits per heavy atom. The fourth-order valence-corrected chi connectivity index (χ4v) is 1.73. The lowest BCUT2D eigenvalue weighted by Gasteiger charge is -2.12. The van der Waals surface area contributed by atoms with Gasteiger partial charge in [-0.05, 0) is 43.3 Å². The summed E-state index contributed by atoms with van der Waals surface area (Å²) in [5.74, 6) is -0.311. The molecule has 0 aliphatic rings. The molecule has 0 fully saturated rings. The number of pyridine rings is 1. The Kier molecular flexibility index (Phi) is 3.92. The van der Waals surface area contributed by atoms with E-state index in [4.69, 9.17) is 0 Å². The number of nitrogens with one attached hydrogen (secondary N) is 1. The molecule has 0 amide bonds. The van der Waals surface area contributed by atoms with Crippen molar-refractivity contribution in [3.05, 3.63) is 47.8 Å². The highest BCUT2D eigenvalue weighted by Gasteiger charge is 2.31. The standard InChI is InChI=1S/C14H12F4N2/c1-2-19-13-8-10(14(16,17)18)7-12(20-13)9-3-5-11(15)6-4-9/h3-8H,2H2,1H3,(H,19,20). The van der Waals surface area contributed by atoms with E-state index >= 15 is 0 Å². The highest BCUT2D eigenvalue weighted by Crippen LogP contribution is 2.33. The number of alkyl halides is 3. The van der Waals surface area contributed by atoms with Gasteiger partial charge in [0, 0.05) is 12.1 Å². The summed E-state index contributed by atoms with van der Waals surface area (Å²) in [6.07, 6.45) is -4.46. The maximum absolute atomic E-state index is 12.9. The summed E-state index contributed by atoms with van der Waals surface area (Å²) in [7, 11) is 0. The second-order valence-electron chi connectivity index (χ2n) is 4.16. The second kappa shape index (κ2) is 5.48. The van der Waals surface area contributed by atoms with Crippen molar-refractivity contribution in [3.8, 4) is 11.3 Å². The minimum Gasteiger partial charge on any atom is -0.370 e. The van der Waals surface area contributed by atoms with Crippen molar-refractivity contribution in [2.24, 2.45) is 0 Å². The second-order valence-corrected chi connectivity index (χ2v) is 4.16. The molecule has 6 heteroatoms. The van der Waals surface area contributed by atoms with Crippen LogP contribution in [0.1, 0.15) is 12.5 Å². The van der Waals surface area contributed by atoms with E-state index < -0.39 is 17.6 Å². The first kappa shape index (κ1) is 14.3. The van der Waals surface area contributed by atoms with Crippen molar-refractivity contribution < 1.29 is 17.6 Å². The third kappa shape index (κ3) is 3.26. The van der Waals surface area contributed by atoms with E-state index in [1.807, 2.05) is 0 Å². The molecule has 0 radical (unpaired) electrons. The van der Waals surface area contributed by atoms with Gasteiger partial charge in [-0.15, -0.1) is 0 Å². The van der Waals surface area contributed by atoms with Crippen molar-refractivity contribution in [1.82, 2.24) is 4.98 Å². The highest BCUT2D eigenvalue weighted by molar-refractivity contribution is 5.62. The minimum atomic E-state index is -4.46. The first-order valence-corrected chi connectivity index (χ1v) is 5.99. The van der Waals surface area contributed by atoms with Gasteiger partial charge in [-0.25, -0.2) is 9.37 Å².